The van der Waals surface area contributed by atoms with Crippen molar-refractivity contribution >= 4 is 12.0 Å². The quantitative estimate of drug-likeness (QED) is 0.518. The predicted octanol–water partition coefficient (Wildman–Crippen LogP) is 4.47. The molecule has 4 aliphatic rings. The second-order valence-electron chi connectivity index (χ2n) is 10.8. The lowest BCUT2D eigenvalue weighted by atomic mass is 9.51. The maximum Gasteiger partial charge on any atom is 0.246 e. The van der Waals surface area contributed by atoms with Crippen molar-refractivity contribution in [2.75, 3.05) is 20.1 Å². The lowest BCUT2D eigenvalue weighted by Gasteiger charge is -2.60. The number of aromatic hydroxyl groups is 1. The van der Waals surface area contributed by atoms with Gasteiger partial charge in [-0.15, -0.1) is 6.58 Å². The van der Waals surface area contributed by atoms with Crippen LogP contribution >= 0.6 is 0 Å². The Morgan fingerprint density at radius 1 is 1.31 bits per heavy atom. The molecule has 2 fully saturated rings. The minimum absolute atomic E-state index is 0.00758. The third-order valence-corrected chi connectivity index (χ3v) is 9.07. The van der Waals surface area contributed by atoms with Gasteiger partial charge in [-0.25, -0.2) is 0 Å². The van der Waals surface area contributed by atoms with E-state index in [0.717, 1.165) is 44.3 Å². The molecule has 0 radical (unpaired) electrons. The Kier molecular flexibility index (Phi) is 5.29. The molecular weight excluding hydrogens is 436 g/mol. The van der Waals surface area contributed by atoms with Crippen molar-refractivity contribution < 1.29 is 14.6 Å². The lowest BCUT2D eigenvalue weighted by Crippen LogP contribution is -2.68. The summed E-state index contributed by atoms with van der Waals surface area (Å²) in [4.78, 5) is 17.8. The van der Waals surface area contributed by atoms with E-state index in [1.807, 2.05) is 36.2 Å². The number of ether oxygens (including phenoxy) is 1. The van der Waals surface area contributed by atoms with Crippen molar-refractivity contribution in [2.45, 2.75) is 56.2 Å². The number of carbonyl (C=O) groups excluding carboxylic acids is 1. The first-order chi connectivity index (χ1) is 16.9. The number of phenolic OH excluding ortho intramolecular Hbond substituents is 1. The van der Waals surface area contributed by atoms with E-state index in [1.165, 1.54) is 16.7 Å². The summed E-state index contributed by atoms with van der Waals surface area (Å²) in [6, 6.07) is 12.4. The molecule has 35 heavy (non-hydrogen) atoms. The van der Waals surface area contributed by atoms with Gasteiger partial charge < -0.3 is 14.7 Å². The fourth-order valence-corrected chi connectivity index (χ4v) is 7.61. The number of carbonyl (C=O) groups is 1. The molecule has 6 rings (SSSR count). The van der Waals surface area contributed by atoms with E-state index in [1.54, 1.807) is 12.1 Å². The van der Waals surface area contributed by atoms with Crippen LogP contribution < -0.4 is 4.74 Å². The van der Waals surface area contributed by atoms with E-state index in [0.29, 0.717) is 17.7 Å². The van der Waals surface area contributed by atoms with Gasteiger partial charge in [0.2, 0.25) is 5.91 Å². The molecular formula is C30H34N2O3. The first-order valence-corrected chi connectivity index (χ1v) is 12.8. The van der Waals surface area contributed by atoms with Crippen LogP contribution in [-0.2, 0) is 16.6 Å². The molecule has 1 saturated carbocycles. The summed E-state index contributed by atoms with van der Waals surface area (Å²) in [5, 5.41) is 10.8. The van der Waals surface area contributed by atoms with E-state index in [9.17, 15) is 9.90 Å². The van der Waals surface area contributed by atoms with E-state index < -0.39 is 0 Å². The summed E-state index contributed by atoms with van der Waals surface area (Å²) in [5.74, 6) is 1.34. The van der Waals surface area contributed by atoms with Crippen molar-refractivity contribution in [1.82, 2.24) is 9.80 Å². The smallest absolute Gasteiger partial charge is 0.246 e. The first-order valence-electron chi connectivity index (χ1n) is 12.8. The number of aryl methyl sites for hydroxylation is 1. The summed E-state index contributed by atoms with van der Waals surface area (Å²) < 4.78 is 6.66. The Morgan fingerprint density at radius 3 is 2.97 bits per heavy atom. The van der Waals surface area contributed by atoms with Crippen molar-refractivity contribution in [3.05, 3.63) is 77.4 Å². The van der Waals surface area contributed by atoms with Crippen LogP contribution in [0.5, 0.6) is 11.5 Å². The maximum absolute atomic E-state index is 13.3. The first kappa shape index (κ1) is 22.4. The summed E-state index contributed by atoms with van der Waals surface area (Å²) in [7, 11) is 1.91. The van der Waals surface area contributed by atoms with Crippen molar-refractivity contribution in [1.29, 1.82) is 0 Å². The molecule has 5 heteroatoms. The van der Waals surface area contributed by atoms with Crippen molar-refractivity contribution in [3.8, 4) is 11.5 Å². The zero-order valence-electron chi connectivity index (χ0n) is 20.6. The normalized spacial score (nSPS) is 30.6. The Bertz CT molecular complexity index is 1220. The average Bonchev–Trinajstić information content (AvgIpc) is 3.20. The molecule has 2 bridgehead atoms. The van der Waals surface area contributed by atoms with Crippen LogP contribution in [0.4, 0.5) is 0 Å². The van der Waals surface area contributed by atoms with E-state index in [2.05, 4.69) is 36.6 Å². The molecule has 0 aromatic heterocycles. The third kappa shape index (κ3) is 3.28. The van der Waals surface area contributed by atoms with Crippen LogP contribution in [0.2, 0.25) is 0 Å². The largest absolute Gasteiger partial charge is 0.504 e. The van der Waals surface area contributed by atoms with Crippen LogP contribution in [0.1, 0.15) is 41.5 Å². The molecule has 2 heterocycles. The van der Waals surface area contributed by atoms with E-state index >= 15 is 0 Å². The summed E-state index contributed by atoms with van der Waals surface area (Å²) in [5.41, 5.74) is 4.57. The van der Waals surface area contributed by atoms with Crippen molar-refractivity contribution in [2.24, 2.45) is 5.92 Å². The van der Waals surface area contributed by atoms with Crippen molar-refractivity contribution in [3.63, 3.8) is 0 Å². The molecule has 182 valence electrons. The van der Waals surface area contributed by atoms with Crippen LogP contribution in [-0.4, -0.2) is 59.1 Å². The second kappa shape index (κ2) is 8.27. The Hall–Kier alpha value is -3.05. The molecule has 2 unspecified atom stereocenters. The van der Waals surface area contributed by atoms with E-state index in [-0.39, 0.29) is 29.2 Å². The predicted molar refractivity (Wildman–Crippen MR) is 138 cm³/mol. The number of hydrogen-bond donors (Lipinski definition) is 1. The van der Waals surface area contributed by atoms with Gasteiger partial charge in [0.25, 0.3) is 0 Å². The standard InChI is InChI=1S/C30H34N2O3/c1-4-15-32-16-14-30-22-10-11-23(31(3)26(34)13-8-20-7-5-6-19(2)17-20)29(30)35-28-25(33)12-9-21(27(28)30)18-24(22)32/h4-9,12-13,17,22-24,29,33H,1,10-11,14-16,18H2,2-3H3/b13-8+/t22-,23?,24+,29?,30-/m0/s1. The number of likely N-dealkylation sites (tertiary alicyclic amines) is 1. The Balaban J connectivity index is 1.35. The van der Waals surface area contributed by atoms with Gasteiger partial charge in [-0.2, -0.15) is 0 Å². The molecule has 1 N–H and O–H groups in total. The molecule has 2 aromatic carbocycles. The second-order valence-corrected chi connectivity index (χ2v) is 10.8. The lowest BCUT2D eigenvalue weighted by molar-refractivity contribution is -0.135. The highest BCUT2D eigenvalue weighted by atomic mass is 16.5. The topological polar surface area (TPSA) is 53.0 Å². The molecule has 1 amide bonds. The Morgan fingerprint density at radius 2 is 2.17 bits per heavy atom. The van der Waals surface area contributed by atoms with Crippen LogP contribution in [0.3, 0.4) is 0 Å². The van der Waals surface area contributed by atoms with Gasteiger partial charge in [0, 0.05) is 36.7 Å². The molecule has 2 aliphatic heterocycles. The highest BCUT2D eigenvalue weighted by molar-refractivity contribution is 5.92. The molecule has 5 nitrogen and oxygen atoms in total. The number of likely N-dealkylation sites (N-methyl/N-ethyl adjacent to an activating group) is 1. The number of rotatable bonds is 5. The number of amides is 1. The fourth-order valence-electron chi connectivity index (χ4n) is 7.61. The van der Waals surface area contributed by atoms with Gasteiger partial charge in [-0.05, 0) is 68.3 Å². The SMILES string of the molecule is C=CCN1CC[C@]23c4c5ccc(O)c4OC2C(N(C)C(=O)/C=C/c2cccc(C)c2)CC[C@H]3[C@H]1C5. The monoisotopic (exact) mass is 470 g/mol. The Labute approximate surface area is 207 Å². The summed E-state index contributed by atoms with van der Waals surface area (Å²) >= 11 is 0. The summed E-state index contributed by atoms with van der Waals surface area (Å²) in [6.45, 7) is 7.93. The zero-order valence-corrected chi connectivity index (χ0v) is 20.6. The zero-order chi connectivity index (χ0) is 24.3. The van der Waals surface area contributed by atoms with E-state index in [4.69, 9.17) is 4.74 Å². The third-order valence-electron chi connectivity index (χ3n) is 9.07. The van der Waals surface area contributed by atoms with Gasteiger partial charge in [0.05, 0.1) is 6.04 Å². The highest BCUT2D eigenvalue weighted by Crippen LogP contribution is 2.64. The number of nitrogens with zero attached hydrogens (tertiary/aromatic N) is 2. The number of piperidine rings is 1. The highest BCUT2D eigenvalue weighted by Gasteiger charge is 2.66. The van der Waals surface area contributed by atoms with Gasteiger partial charge in [-0.1, -0.05) is 42.0 Å². The van der Waals surface area contributed by atoms with Crippen LogP contribution in [0.25, 0.3) is 6.08 Å². The number of benzene rings is 2. The van der Waals surface area contributed by atoms with Gasteiger partial charge in [0.1, 0.15) is 6.10 Å². The number of hydrogen-bond acceptors (Lipinski definition) is 4. The average molecular weight is 471 g/mol. The maximum atomic E-state index is 13.3. The van der Waals surface area contributed by atoms with Gasteiger partial charge in [0.15, 0.2) is 11.5 Å². The minimum atomic E-state index is -0.151. The molecule has 2 aliphatic carbocycles. The van der Waals surface area contributed by atoms with Gasteiger partial charge in [-0.3, -0.25) is 9.69 Å². The minimum Gasteiger partial charge on any atom is -0.504 e. The molecule has 5 atom stereocenters. The summed E-state index contributed by atoms with van der Waals surface area (Å²) in [6.07, 6.45) is 9.37. The van der Waals surface area contributed by atoms with Crippen LogP contribution in [0.15, 0.2) is 55.1 Å². The van der Waals surface area contributed by atoms with Gasteiger partial charge >= 0.3 is 0 Å². The molecule has 1 spiro atoms. The number of phenols is 1. The fraction of sp³-hybridized carbons (Fsp3) is 0.433. The molecule has 2 aromatic rings. The van der Waals surface area contributed by atoms with Crippen LogP contribution in [0, 0.1) is 12.8 Å². The molecule has 1 saturated heterocycles.